The standard InChI is InChI=1S/C24H33NO3S/c1-5-20(25(6-2)16-24(26)27)17-28-22-9-7-8-10-23(22)29-21-13-11-19(12-14-21)15-18(3)4/h7-14,18,20H,5-6,15-17H2,1-4H3,(H,26,27). The van der Waals surface area contributed by atoms with Gasteiger partial charge in [-0.2, -0.15) is 0 Å². The van der Waals surface area contributed by atoms with E-state index < -0.39 is 5.97 Å². The van der Waals surface area contributed by atoms with Gasteiger partial charge < -0.3 is 9.84 Å². The minimum Gasteiger partial charge on any atom is -0.491 e. The number of hydrogen-bond acceptors (Lipinski definition) is 4. The number of carboxylic acid groups (broad SMARTS) is 1. The van der Waals surface area contributed by atoms with Crippen LogP contribution in [0.25, 0.3) is 0 Å². The molecule has 0 aliphatic heterocycles. The number of likely N-dealkylation sites (N-methyl/N-ethyl adjacent to an activating group) is 1. The van der Waals surface area contributed by atoms with Crippen LogP contribution in [-0.2, 0) is 11.2 Å². The molecule has 1 atom stereocenters. The molecule has 0 aliphatic carbocycles. The molecule has 0 fully saturated rings. The van der Waals surface area contributed by atoms with Gasteiger partial charge in [-0.25, -0.2) is 0 Å². The van der Waals surface area contributed by atoms with E-state index in [-0.39, 0.29) is 12.6 Å². The lowest BCUT2D eigenvalue weighted by molar-refractivity contribution is -0.139. The Labute approximate surface area is 179 Å². The van der Waals surface area contributed by atoms with Gasteiger partial charge in [0.05, 0.1) is 11.4 Å². The summed E-state index contributed by atoms with van der Waals surface area (Å²) in [6.07, 6.45) is 1.93. The maximum atomic E-state index is 11.1. The molecule has 0 saturated heterocycles. The van der Waals surface area contributed by atoms with Crippen LogP contribution in [0.5, 0.6) is 5.75 Å². The summed E-state index contributed by atoms with van der Waals surface area (Å²) in [5, 5.41) is 9.13. The molecule has 0 saturated carbocycles. The van der Waals surface area contributed by atoms with Crippen molar-refractivity contribution in [1.82, 2.24) is 4.90 Å². The Hall–Kier alpha value is -1.98. The predicted molar refractivity (Wildman–Crippen MR) is 120 cm³/mol. The molecule has 0 spiro atoms. The van der Waals surface area contributed by atoms with Crippen LogP contribution < -0.4 is 4.74 Å². The van der Waals surface area contributed by atoms with E-state index in [0.29, 0.717) is 19.1 Å². The predicted octanol–water partition coefficient (Wildman–Crippen LogP) is 5.60. The molecule has 5 heteroatoms. The number of rotatable bonds is 12. The quantitative estimate of drug-likeness (QED) is 0.489. The van der Waals surface area contributed by atoms with Crippen LogP contribution in [-0.4, -0.2) is 41.7 Å². The molecule has 29 heavy (non-hydrogen) atoms. The molecule has 0 heterocycles. The molecule has 4 nitrogen and oxygen atoms in total. The van der Waals surface area contributed by atoms with Crippen molar-refractivity contribution in [2.45, 2.75) is 56.4 Å². The van der Waals surface area contributed by atoms with Crippen molar-refractivity contribution >= 4 is 17.7 Å². The van der Waals surface area contributed by atoms with Crippen molar-refractivity contribution in [2.75, 3.05) is 19.7 Å². The van der Waals surface area contributed by atoms with Crippen molar-refractivity contribution in [3.8, 4) is 5.75 Å². The fourth-order valence-electron chi connectivity index (χ4n) is 3.29. The fraction of sp³-hybridized carbons (Fsp3) is 0.458. The number of carboxylic acids is 1. The second-order valence-corrected chi connectivity index (χ2v) is 8.74. The Morgan fingerprint density at radius 1 is 1.10 bits per heavy atom. The number of nitrogens with zero attached hydrogens (tertiary/aromatic N) is 1. The number of carbonyl (C=O) groups is 1. The van der Waals surface area contributed by atoms with Crippen molar-refractivity contribution in [3.05, 3.63) is 54.1 Å². The van der Waals surface area contributed by atoms with Crippen LogP contribution in [0.4, 0.5) is 0 Å². The van der Waals surface area contributed by atoms with Crippen LogP contribution in [0.1, 0.15) is 39.7 Å². The molecule has 1 unspecified atom stereocenters. The third-order valence-electron chi connectivity index (χ3n) is 4.81. The zero-order valence-corrected chi connectivity index (χ0v) is 18.7. The van der Waals surface area contributed by atoms with Crippen LogP contribution in [0, 0.1) is 5.92 Å². The molecule has 0 aliphatic rings. The minimum absolute atomic E-state index is 0.0392. The maximum absolute atomic E-state index is 11.1. The molecule has 1 N–H and O–H groups in total. The lowest BCUT2D eigenvalue weighted by Gasteiger charge is -2.28. The van der Waals surface area contributed by atoms with E-state index in [9.17, 15) is 4.79 Å². The van der Waals surface area contributed by atoms with E-state index in [1.165, 1.54) is 10.5 Å². The fourth-order valence-corrected chi connectivity index (χ4v) is 4.19. The Kier molecular flexibility index (Phi) is 9.55. The minimum atomic E-state index is -0.804. The Bertz CT molecular complexity index is 761. The normalized spacial score (nSPS) is 12.3. The average molecular weight is 416 g/mol. The van der Waals surface area contributed by atoms with Gasteiger partial charge in [0, 0.05) is 10.9 Å². The highest BCUT2D eigenvalue weighted by atomic mass is 32.2. The van der Waals surface area contributed by atoms with E-state index in [2.05, 4.69) is 51.1 Å². The van der Waals surface area contributed by atoms with Gasteiger partial charge in [-0.05, 0) is 55.1 Å². The molecule has 0 radical (unpaired) electrons. The van der Waals surface area contributed by atoms with E-state index in [1.54, 1.807) is 11.8 Å². The molecule has 2 aromatic carbocycles. The van der Waals surface area contributed by atoms with Gasteiger partial charge >= 0.3 is 5.97 Å². The van der Waals surface area contributed by atoms with Gasteiger partial charge in [-0.1, -0.05) is 63.7 Å². The zero-order valence-electron chi connectivity index (χ0n) is 17.9. The number of ether oxygens (including phenoxy) is 1. The zero-order chi connectivity index (χ0) is 21.2. The number of benzene rings is 2. The van der Waals surface area contributed by atoms with Gasteiger partial charge in [-0.3, -0.25) is 9.69 Å². The number of hydrogen-bond donors (Lipinski definition) is 1. The second-order valence-electron chi connectivity index (χ2n) is 7.62. The second kappa shape index (κ2) is 11.9. The van der Waals surface area contributed by atoms with Gasteiger partial charge in [0.2, 0.25) is 0 Å². The first-order chi connectivity index (χ1) is 13.9. The highest BCUT2D eigenvalue weighted by molar-refractivity contribution is 7.99. The summed E-state index contributed by atoms with van der Waals surface area (Å²) in [5.74, 6) is 0.689. The van der Waals surface area contributed by atoms with Gasteiger partial charge in [0.25, 0.3) is 0 Å². The smallest absolute Gasteiger partial charge is 0.317 e. The summed E-state index contributed by atoms with van der Waals surface area (Å²) in [4.78, 5) is 15.3. The van der Waals surface area contributed by atoms with E-state index in [1.807, 2.05) is 30.0 Å². The monoisotopic (exact) mass is 415 g/mol. The van der Waals surface area contributed by atoms with Gasteiger partial charge in [0.15, 0.2) is 0 Å². The molecule has 0 aromatic heterocycles. The first-order valence-electron chi connectivity index (χ1n) is 10.4. The highest BCUT2D eigenvalue weighted by Crippen LogP contribution is 2.35. The van der Waals surface area contributed by atoms with Crippen LogP contribution in [0.3, 0.4) is 0 Å². The van der Waals surface area contributed by atoms with Crippen molar-refractivity contribution in [2.24, 2.45) is 5.92 Å². The van der Waals surface area contributed by atoms with Gasteiger partial charge in [-0.15, -0.1) is 0 Å². The maximum Gasteiger partial charge on any atom is 0.317 e. The molecule has 2 rings (SSSR count). The number of para-hydroxylation sites is 1. The van der Waals surface area contributed by atoms with E-state index in [4.69, 9.17) is 9.84 Å². The summed E-state index contributed by atoms with van der Waals surface area (Å²) in [5.41, 5.74) is 1.36. The topological polar surface area (TPSA) is 49.8 Å². The van der Waals surface area contributed by atoms with Crippen molar-refractivity contribution in [3.63, 3.8) is 0 Å². The molecular formula is C24H33NO3S. The third kappa shape index (κ3) is 7.75. The van der Waals surface area contributed by atoms with Crippen LogP contribution in [0.2, 0.25) is 0 Å². The Morgan fingerprint density at radius 2 is 1.79 bits per heavy atom. The summed E-state index contributed by atoms with van der Waals surface area (Å²) in [6, 6.07) is 16.8. The first kappa shape index (κ1) is 23.3. The summed E-state index contributed by atoms with van der Waals surface area (Å²) < 4.78 is 6.15. The summed E-state index contributed by atoms with van der Waals surface area (Å²) in [6.45, 7) is 9.72. The Balaban J connectivity index is 2.05. The number of aliphatic carboxylic acids is 1. The summed E-state index contributed by atoms with van der Waals surface area (Å²) >= 11 is 1.69. The molecule has 0 bridgehead atoms. The molecule has 158 valence electrons. The average Bonchev–Trinajstić information content (AvgIpc) is 2.69. The van der Waals surface area contributed by atoms with E-state index in [0.717, 1.165) is 23.5 Å². The largest absolute Gasteiger partial charge is 0.491 e. The lowest BCUT2D eigenvalue weighted by atomic mass is 10.0. The molecule has 0 amide bonds. The first-order valence-corrected chi connectivity index (χ1v) is 11.2. The molecular weight excluding hydrogens is 382 g/mol. The van der Waals surface area contributed by atoms with Crippen LogP contribution >= 0.6 is 11.8 Å². The van der Waals surface area contributed by atoms with Crippen LogP contribution in [0.15, 0.2) is 58.3 Å². The van der Waals surface area contributed by atoms with Crippen molar-refractivity contribution in [1.29, 1.82) is 0 Å². The van der Waals surface area contributed by atoms with Gasteiger partial charge in [0.1, 0.15) is 12.4 Å². The Morgan fingerprint density at radius 3 is 2.38 bits per heavy atom. The van der Waals surface area contributed by atoms with E-state index >= 15 is 0 Å². The van der Waals surface area contributed by atoms with Crippen molar-refractivity contribution < 1.29 is 14.6 Å². The molecule has 2 aromatic rings. The lowest BCUT2D eigenvalue weighted by Crippen LogP contribution is -2.42. The highest BCUT2D eigenvalue weighted by Gasteiger charge is 2.19. The third-order valence-corrected chi connectivity index (χ3v) is 5.87. The SMILES string of the molecule is CCC(COc1ccccc1Sc1ccc(CC(C)C)cc1)N(CC)CC(=O)O. The summed E-state index contributed by atoms with van der Waals surface area (Å²) in [7, 11) is 0.